The molecule has 2 N–H and O–H groups in total. The maximum Gasteiger partial charge on any atom is 0.240 e. The molecule has 0 bridgehead atoms. The van der Waals surface area contributed by atoms with Crippen LogP contribution in [0.25, 0.3) is 0 Å². The number of rotatable bonds is 7. The van der Waals surface area contributed by atoms with Crippen LogP contribution in [0.3, 0.4) is 0 Å². The molecule has 0 aliphatic rings. The number of hydrogen-bond acceptors (Lipinski definition) is 5. The lowest BCUT2D eigenvalue weighted by Gasteiger charge is -2.12. The van der Waals surface area contributed by atoms with Crippen LogP contribution in [0, 0.1) is 0 Å². The molecule has 0 atom stereocenters. The molecule has 5 heteroatoms. The van der Waals surface area contributed by atoms with Crippen molar-refractivity contribution in [3.05, 3.63) is 47.6 Å². The molecular formula is C14H20N4O. The molecular weight excluding hydrogens is 240 g/mol. The summed E-state index contributed by atoms with van der Waals surface area (Å²) in [5.41, 5.74) is 6.67. The van der Waals surface area contributed by atoms with Crippen molar-refractivity contribution >= 4 is 0 Å². The molecule has 1 heterocycles. The van der Waals surface area contributed by atoms with Crippen molar-refractivity contribution in [3.63, 3.8) is 0 Å². The minimum atomic E-state index is 0.658. The number of nitrogens with zero attached hydrogens (tertiary/aromatic N) is 3. The van der Waals surface area contributed by atoms with Crippen LogP contribution in [0.4, 0.5) is 0 Å². The van der Waals surface area contributed by atoms with Crippen LogP contribution in [0.2, 0.25) is 0 Å². The second-order valence-corrected chi connectivity index (χ2v) is 4.65. The van der Waals surface area contributed by atoms with Gasteiger partial charge in [-0.05, 0) is 32.1 Å². The van der Waals surface area contributed by atoms with E-state index in [2.05, 4.69) is 27.2 Å². The fourth-order valence-corrected chi connectivity index (χ4v) is 1.88. The predicted octanol–water partition coefficient (Wildman–Crippen LogP) is 1.44. The summed E-state index contributed by atoms with van der Waals surface area (Å²) in [5, 5.41) is 4.01. The van der Waals surface area contributed by atoms with Crippen LogP contribution < -0.4 is 5.73 Å². The third-order valence-corrected chi connectivity index (χ3v) is 2.86. The maximum absolute atomic E-state index is 5.48. The molecule has 0 fully saturated rings. The van der Waals surface area contributed by atoms with E-state index in [1.54, 1.807) is 0 Å². The van der Waals surface area contributed by atoms with Crippen molar-refractivity contribution in [3.8, 4) is 0 Å². The van der Waals surface area contributed by atoms with Gasteiger partial charge in [0.2, 0.25) is 5.89 Å². The first-order valence-corrected chi connectivity index (χ1v) is 6.52. The van der Waals surface area contributed by atoms with E-state index in [0.29, 0.717) is 25.4 Å². The zero-order valence-corrected chi connectivity index (χ0v) is 11.2. The molecule has 0 saturated heterocycles. The molecule has 19 heavy (non-hydrogen) atoms. The molecule has 0 radical (unpaired) electrons. The molecule has 2 rings (SSSR count). The third-order valence-electron chi connectivity index (χ3n) is 2.86. The average molecular weight is 260 g/mol. The third kappa shape index (κ3) is 4.46. The Bertz CT molecular complexity index is 483. The van der Waals surface area contributed by atoms with Crippen LogP contribution in [-0.2, 0) is 13.0 Å². The van der Waals surface area contributed by atoms with Gasteiger partial charge in [-0.15, -0.1) is 0 Å². The summed E-state index contributed by atoms with van der Waals surface area (Å²) in [7, 11) is 2.02. The van der Waals surface area contributed by atoms with Gasteiger partial charge in [-0.2, -0.15) is 4.98 Å². The lowest BCUT2D eigenvalue weighted by molar-refractivity contribution is 0.265. The Hall–Kier alpha value is -1.72. The Kier molecular flexibility index (Phi) is 5.06. The first-order valence-electron chi connectivity index (χ1n) is 6.52. The summed E-state index contributed by atoms with van der Waals surface area (Å²) in [6, 6.07) is 10.1. The fourth-order valence-electron chi connectivity index (χ4n) is 1.88. The van der Waals surface area contributed by atoms with Gasteiger partial charge in [0.1, 0.15) is 0 Å². The highest BCUT2D eigenvalue weighted by molar-refractivity contribution is 5.18. The van der Waals surface area contributed by atoms with Crippen molar-refractivity contribution in [2.45, 2.75) is 19.4 Å². The summed E-state index contributed by atoms with van der Waals surface area (Å²) in [5.74, 6) is 1.39. The van der Waals surface area contributed by atoms with Gasteiger partial charge in [0.15, 0.2) is 5.82 Å². The van der Waals surface area contributed by atoms with E-state index in [9.17, 15) is 0 Å². The summed E-state index contributed by atoms with van der Waals surface area (Å²) in [6.07, 6.45) is 1.68. The van der Waals surface area contributed by atoms with Crippen LogP contribution in [-0.4, -0.2) is 35.2 Å². The Morgan fingerprint density at radius 1 is 1.26 bits per heavy atom. The minimum absolute atomic E-state index is 0.658. The van der Waals surface area contributed by atoms with Crippen LogP contribution in [0.5, 0.6) is 0 Å². The summed E-state index contributed by atoms with van der Waals surface area (Å²) < 4.78 is 5.25. The van der Waals surface area contributed by atoms with Crippen molar-refractivity contribution in [2.24, 2.45) is 5.73 Å². The summed E-state index contributed by atoms with van der Waals surface area (Å²) in [6.45, 7) is 2.31. The first-order chi connectivity index (χ1) is 9.28. The van der Waals surface area contributed by atoms with Crippen LogP contribution in [0.15, 0.2) is 34.9 Å². The van der Waals surface area contributed by atoms with Crippen molar-refractivity contribution in [2.75, 3.05) is 20.1 Å². The number of benzene rings is 1. The first kappa shape index (κ1) is 13.7. The zero-order chi connectivity index (χ0) is 13.5. The Balaban J connectivity index is 1.88. The SMILES string of the molecule is CN(CCCN)Cc1nc(Cc2ccccc2)no1. The van der Waals surface area contributed by atoms with Crippen molar-refractivity contribution in [1.82, 2.24) is 15.0 Å². The molecule has 0 aliphatic heterocycles. The lowest BCUT2D eigenvalue weighted by atomic mass is 10.1. The second-order valence-electron chi connectivity index (χ2n) is 4.65. The zero-order valence-electron chi connectivity index (χ0n) is 11.2. The topological polar surface area (TPSA) is 68.2 Å². The van der Waals surface area contributed by atoms with E-state index in [1.165, 1.54) is 5.56 Å². The molecule has 0 aliphatic carbocycles. The van der Waals surface area contributed by atoms with E-state index in [-0.39, 0.29) is 0 Å². The van der Waals surface area contributed by atoms with Gasteiger partial charge >= 0.3 is 0 Å². The van der Waals surface area contributed by atoms with E-state index >= 15 is 0 Å². The number of hydrogen-bond donors (Lipinski definition) is 1. The van der Waals surface area contributed by atoms with Crippen LogP contribution in [0.1, 0.15) is 23.7 Å². The highest BCUT2D eigenvalue weighted by Crippen LogP contribution is 2.07. The second kappa shape index (κ2) is 7.01. The van der Waals surface area contributed by atoms with Gasteiger partial charge in [0, 0.05) is 6.42 Å². The molecule has 0 spiro atoms. The standard InChI is InChI=1S/C14H20N4O/c1-18(9-5-8-15)11-14-16-13(17-19-14)10-12-6-3-2-4-7-12/h2-4,6-7H,5,8-11,15H2,1H3. The molecule has 5 nitrogen and oxygen atoms in total. The fraction of sp³-hybridized carbons (Fsp3) is 0.429. The van der Waals surface area contributed by atoms with Gasteiger partial charge in [-0.25, -0.2) is 0 Å². The Morgan fingerprint density at radius 2 is 2.05 bits per heavy atom. The molecule has 1 aromatic heterocycles. The average Bonchev–Trinajstić information content (AvgIpc) is 2.85. The number of aromatic nitrogens is 2. The van der Waals surface area contributed by atoms with E-state index in [4.69, 9.17) is 10.3 Å². The maximum atomic E-state index is 5.48. The van der Waals surface area contributed by atoms with Gasteiger partial charge in [-0.1, -0.05) is 35.5 Å². The van der Waals surface area contributed by atoms with Crippen molar-refractivity contribution < 1.29 is 4.52 Å². The normalized spacial score (nSPS) is 11.1. The molecule has 2 aromatic rings. The van der Waals surface area contributed by atoms with Gasteiger partial charge < -0.3 is 10.3 Å². The predicted molar refractivity (Wildman–Crippen MR) is 73.6 cm³/mol. The highest BCUT2D eigenvalue weighted by Gasteiger charge is 2.09. The number of nitrogens with two attached hydrogens (primary N) is 1. The van der Waals surface area contributed by atoms with E-state index < -0.39 is 0 Å². The van der Waals surface area contributed by atoms with E-state index in [0.717, 1.165) is 18.8 Å². The van der Waals surface area contributed by atoms with Crippen molar-refractivity contribution in [1.29, 1.82) is 0 Å². The minimum Gasteiger partial charge on any atom is -0.338 e. The van der Waals surface area contributed by atoms with Gasteiger partial charge in [0.05, 0.1) is 6.54 Å². The Morgan fingerprint density at radius 3 is 2.79 bits per heavy atom. The summed E-state index contributed by atoms with van der Waals surface area (Å²) in [4.78, 5) is 6.53. The molecule has 0 saturated carbocycles. The van der Waals surface area contributed by atoms with Crippen LogP contribution >= 0.6 is 0 Å². The molecule has 0 amide bonds. The smallest absolute Gasteiger partial charge is 0.240 e. The molecule has 102 valence electrons. The largest absolute Gasteiger partial charge is 0.338 e. The van der Waals surface area contributed by atoms with Gasteiger partial charge in [-0.3, -0.25) is 4.90 Å². The molecule has 1 aromatic carbocycles. The summed E-state index contributed by atoms with van der Waals surface area (Å²) >= 11 is 0. The Labute approximate surface area is 113 Å². The lowest BCUT2D eigenvalue weighted by Crippen LogP contribution is -2.21. The van der Waals surface area contributed by atoms with Gasteiger partial charge in [0.25, 0.3) is 0 Å². The highest BCUT2D eigenvalue weighted by atomic mass is 16.5. The van der Waals surface area contributed by atoms with E-state index in [1.807, 2.05) is 25.2 Å². The quantitative estimate of drug-likeness (QED) is 0.816. The monoisotopic (exact) mass is 260 g/mol. The molecule has 0 unspecified atom stereocenters.